The highest BCUT2D eigenvalue weighted by atomic mass is 35.5. The number of nitrogens with zero attached hydrogens (tertiary/aromatic N) is 2. The molecular formula is C20H22Cl2N2. The Balaban J connectivity index is 1.45. The first kappa shape index (κ1) is 17.5. The van der Waals surface area contributed by atoms with Crippen molar-refractivity contribution in [3.63, 3.8) is 0 Å². The summed E-state index contributed by atoms with van der Waals surface area (Å²) < 4.78 is 0. The van der Waals surface area contributed by atoms with E-state index in [2.05, 4.69) is 46.2 Å². The lowest BCUT2D eigenvalue weighted by atomic mass is 10.2. The molecule has 1 fully saturated rings. The maximum atomic E-state index is 6.27. The van der Waals surface area contributed by atoms with Crippen LogP contribution in [0.5, 0.6) is 0 Å². The average Bonchev–Trinajstić information content (AvgIpc) is 2.60. The molecule has 2 aromatic carbocycles. The lowest BCUT2D eigenvalue weighted by Gasteiger charge is -2.34. The Bertz CT molecular complexity index is 677. The van der Waals surface area contributed by atoms with E-state index in [-0.39, 0.29) is 0 Å². The van der Waals surface area contributed by atoms with E-state index < -0.39 is 0 Å². The first-order chi connectivity index (χ1) is 11.7. The van der Waals surface area contributed by atoms with Gasteiger partial charge in [0.15, 0.2) is 0 Å². The van der Waals surface area contributed by atoms with Crippen molar-refractivity contribution in [3.05, 3.63) is 75.8 Å². The Hall–Kier alpha value is -1.32. The number of halogens is 2. The third kappa shape index (κ3) is 5.09. The van der Waals surface area contributed by atoms with Gasteiger partial charge < -0.3 is 0 Å². The van der Waals surface area contributed by atoms with Gasteiger partial charge in [0.05, 0.1) is 0 Å². The van der Waals surface area contributed by atoms with Crippen molar-refractivity contribution in [3.8, 4) is 0 Å². The summed E-state index contributed by atoms with van der Waals surface area (Å²) in [5.74, 6) is 0. The van der Waals surface area contributed by atoms with Crippen LogP contribution in [0.15, 0.2) is 54.6 Å². The molecule has 2 nitrogen and oxygen atoms in total. The summed E-state index contributed by atoms with van der Waals surface area (Å²) >= 11 is 12.2. The van der Waals surface area contributed by atoms with Gasteiger partial charge in [0.1, 0.15) is 0 Å². The minimum Gasteiger partial charge on any atom is -0.297 e. The van der Waals surface area contributed by atoms with E-state index in [0.29, 0.717) is 5.02 Å². The van der Waals surface area contributed by atoms with Gasteiger partial charge >= 0.3 is 0 Å². The van der Waals surface area contributed by atoms with Crippen LogP contribution in [0.3, 0.4) is 0 Å². The Morgan fingerprint density at radius 3 is 2.29 bits per heavy atom. The van der Waals surface area contributed by atoms with Crippen LogP contribution < -0.4 is 0 Å². The third-order valence-electron chi connectivity index (χ3n) is 4.35. The summed E-state index contributed by atoms with van der Waals surface area (Å²) in [6, 6.07) is 16.2. The molecule has 0 saturated carbocycles. The van der Waals surface area contributed by atoms with Gasteiger partial charge in [-0.1, -0.05) is 71.8 Å². The van der Waals surface area contributed by atoms with Crippen molar-refractivity contribution < 1.29 is 0 Å². The lowest BCUT2D eigenvalue weighted by molar-refractivity contribution is 0.137. The van der Waals surface area contributed by atoms with Crippen molar-refractivity contribution >= 4 is 29.3 Å². The fraction of sp³-hybridized carbons (Fsp3) is 0.300. The molecular weight excluding hydrogens is 339 g/mol. The number of hydrogen-bond acceptors (Lipinski definition) is 2. The minimum absolute atomic E-state index is 0.693. The molecule has 1 heterocycles. The second-order valence-corrected chi connectivity index (χ2v) is 6.97. The van der Waals surface area contributed by atoms with E-state index in [9.17, 15) is 0 Å². The zero-order chi connectivity index (χ0) is 16.8. The maximum Gasteiger partial charge on any atom is 0.0465 e. The van der Waals surface area contributed by atoms with Crippen molar-refractivity contribution in [2.75, 3.05) is 32.7 Å². The molecule has 0 unspecified atom stereocenters. The molecule has 1 aliphatic heterocycles. The highest BCUT2D eigenvalue weighted by Crippen LogP contribution is 2.22. The summed E-state index contributed by atoms with van der Waals surface area (Å²) in [6.45, 7) is 6.21. The predicted molar refractivity (Wildman–Crippen MR) is 104 cm³/mol. The second kappa shape index (κ2) is 8.68. The van der Waals surface area contributed by atoms with Crippen LogP contribution >= 0.6 is 23.2 Å². The van der Waals surface area contributed by atoms with Gasteiger partial charge in [0, 0.05) is 49.3 Å². The van der Waals surface area contributed by atoms with E-state index in [4.69, 9.17) is 23.2 Å². The van der Waals surface area contributed by atoms with Crippen LogP contribution in [0.1, 0.15) is 11.1 Å². The van der Waals surface area contributed by atoms with Gasteiger partial charge in [0.25, 0.3) is 0 Å². The summed E-state index contributed by atoms with van der Waals surface area (Å²) in [6.07, 6.45) is 4.45. The number of rotatable bonds is 5. The van der Waals surface area contributed by atoms with Crippen LogP contribution in [-0.2, 0) is 6.54 Å². The van der Waals surface area contributed by atoms with Crippen molar-refractivity contribution in [1.82, 2.24) is 9.80 Å². The fourth-order valence-corrected chi connectivity index (χ4v) is 3.39. The molecule has 2 aromatic rings. The molecule has 0 amide bonds. The Morgan fingerprint density at radius 1 is 0.875 bits per heavy atom. The van der Waals surface area contributed by atoms with Crippen molar-refractivity contribution in [2.24, 2.45) is 0 Å². The molecule has 126 valence electrons. The smallest absolute Gasteiger partial charge is 0.0465 e. The zero-order valence-corrected chi connectivity index (χ0v) is 15.2. The molecule has 24 heavy (non-hydrogen) atoms. The van der Waals surface area contributed by atoms with Crippen molar-refractivity contribution in [1.29, 1.82) is 0 Å². The summed E-state index contributed by atoms with van der Waals surface area (Å²) in [5.41, 5.74) is 2.41. The predicted octanol–water partition coefficient (Wildman–Crippen LogP) is 4.82. The Labute approximate surface area is 154 Å². The monoisotopic (exact) mass is 360 g/mol. The number of benzene rings is 2. The molecule has 0 bridgehead atoms. The molecule has 0 radical (unpaired) electrons. The Morgan fingerprint density at radius 2 is 1.58 bits per heavy atom. The van der Waals surface area contributed by atoms with Crippen LogP contribution in [0.2, 0.25) is 10.0 Å². The lowest BCUT2D eigenvalue weighted by Crippen LogP contribution is -2.45. The number of hydrogen-bond donors (Lipinski definition) is 0. The quantitative estimate of drug-likeness (QED) is 0.753. The van der Waals surface area contributed by atoms with Crippen molar-refractivity contribution in [2.45, 2.75) is 6.54 Å². The maximum absolute atomic E-state index is 6.27. The normalized spacial score (nSPS) is 16.8. The van der Waals surface area contributed by atoms with Gasteiger partial charge in [0.2, 0.25) is 0 Å². The van der Waals surface area contributed by atoms with E-state index in [1.165, 1.54) is 5.56 Å². The molecule has 0 N–H and O–H groups in total. The molecule has 1 aliphatic rings. The number of piperazine rings is 1. The van der Waals surface area contributed by atoms with E-state index in [0.717, 1.165) is 49.9 Å². The largest absolute Gasteiger partial charge is 0.297 e. The summed E-state index contributed by atoms with van der Waals surface area (Å²) in [7, 11) is 0. The van der Waals surface area contributed by atoms with Gasteiger partial charge in [-0.25, -0.2) is 0 Å². The van der Waals surface area contributed by atoms with Gasteiger partial charge in [-0.2, -0.15) is 0 Å². The van der Waals surface area contributed by atoms with E-state index >= 15 is 0 Å². The van der Waals surface area contributed by atoms with Crippen LogP contribution in [0, 0.1) is 0 Å². The standard InChI is InChI=1S/C20H22Cl2N2/c21-19-9-8-18(20(22)15-19)16-24-13-11-23(12-14-24)10-4-7-17-5-2-1-3-6-17/h1-9,15H,10-14,16H2. The minimum atomic E-state index is 0.693. The van der Waals surface area contributed by atoms with E-state index in [1.807, 2.05) is 24.3 Å². The Kier molecular flexibility index (Phi) is 6.33. The van der Waals surface area contributed by atoms with Gasteiger partial charge in [-0.15, -0.1) is 0 Å². The fourth-order valence-electron chi connectivity index (χ4n) is 2.92. The summed E-state index contributed by atoms with van der Waals surface area (Å²) in [4.78, 5) is 4.94. The van der Waals surface area contributed by atoms with Crippen LogP contribution in [0.25, 0.3) is 6.08 Å². The van der Waals surface area contributed by atoms with Gasteiger partial charge in [-0.3, -0.25) is 9.80 Å². The molecule has 3 rings (SSSR count). The van der Waals surface area contributed by atoms with Crippen LogP contribution in [0.4, 0.5) is 0 Å². The summed E-state index contributed by atoms with van der Waals surface area (Å²) in [5, 5.41) is 1.45. The average molecular weight is 361 g/mol. The molecule has 0 aliphatic carbocycles. The first-order valence-electron chi connectivity index (χ1n) is 8.31. The van der Waals surface area contributed by atoms with E-state index in [1.54, 1.807) is 0 Å². The molecule has 0 atom stereocenters. The highest BCUT2D eigenvalue weighted by Gasteiger charge is 2.16. The highest BCUT2D eigenvalue weighted by molar-refractivity contribution is 6.35. The molecule has 4 heteroatoms. The molecule has 0 aromatic heterocycles. The zero-order valence-electron chi connectivity index (χ0n) is 13.7. The second-order valence-electron chi connectivity index (χ2n) is 6.13. The SMILES string of the molecule is Clc1ccc(CN2CCN(CC=Cc3ccccc3)CC2)c(Cl)c1. The molecule has 1 saturated heterocycles. The van der Waals surface area contributed by atoms with Crippen LogP contribution in [-0.4, -0.2) is 42.5 Å². The topological polar surface area (TPSA) is 6.48 Å². The first-order valence-corrected chi connectivity index (χ1v) is 9.06. The van der Waals surface area contributed by atoms with Gasteiger partial charge in [-0.05, 0) is 23.3 Å². The third-order valence-corrected chi connectivity index (χ3v) is 4.93. The molecule has 0 spiro atoms.